The second kappa shape index (κ2) is 0.180. The molecule has 4 N–H and O–H groups in total. The molecule has 1 aromatic heterocycles. The Bertz CT molecular complexity index is 58.6. The van der Waals surface area contributed by atoms with Crippen molar-refractivity contribution in [2.75, 3.05) is 5.84 Å². The lowest BCUT2D eigenvalue weighted by Gasteiger charge is -1.54. The summed E-state index contributed by atoms with van der Waals surface area (Å²) in [7, 11) is 0. The molecule has 0 saturated carbocycles. The third-order valence-corrected chi connectivity index (χ3v) is 0.241. The van der Waals surface area contributed by atoms with Crippen molar-refractivity contribution >= 4 is 0 Å². The molecule has 0 atom stereocenters. The van der Waals surface area contributed by atoms with Crippen LogP contribution in [0.15, 0.2) is 0 Å². The molecule has 0 bridgehead atoms. The van der Waals surface area contributed by atoms with Gasteiger partial charge in [0.1, 0.15) is 0 Å². The standard InChI is InChI=1S/H4N4/c1-4-2-3-4/h2-3H,1H2. The molecule has 0 fully saturated rings. The highest BCUT2D eigenvalue weighted by Gasteiger charge is 1.67. The minimum absolute atomic E-state index is 1.25. The van der Waals surface area contributed by atoms with Crippen LogP contribution in [-0.4, -0.2) is 15.3 Å². The van der Waals surface area contributed by atoms with Crippen LogP contribution < -0.4 is 5.84 Å². The first-order chi connectivity index (χ1) is 1.89. The molecule has 0 unspecified atom stereocenters. The zero-order valence-corrected chi connectivity index (χ0v) is 2.02. The zero-order chi connectivity index (χ0) is 2.99. The number of hydrogen-bond acceptors (Lipinski definition) is 1. The highest BCUT2D eigenvalue weighted by atomic mass is 15.9. The first kappa shape index (κ1) is 1.51. The summed E-state index contributed by atoms with van der Waals surface area (Å²) in [5, 5.41) is 4.92. The van der Waals surface area contributed by atoms with E-state index in [1.165, 1.54) is 4.91 Å². The van der Waals surface area contributed by atoms with Gasteiger partial charge in [-0.05, 0) is 0 Å². The van der Waals surface area contributed by atoms with Crippen LogP contribution in [0, 0.1) is 0 Å². The summed E-state index contributed by atoms with van der Waals surface area (Å²) in [5.41, 5.74) is 0. The fraction of sp³-hybridized carbons (Fsp3) is 0. The average Bonchev–Trinajstić information content (AvgIpc) is 1.75. The molecule has 0 aliphatic heterocycles. The Morgan fingerprint density at radius 3 is 1.75 bits per heavy atom. The van der Waals surface area contributed by atoms with E-state index in [0.29, 0.717) is 0 Å². The van der Waals surface area contributed by atoms with Crippen LogP contribution in [0.3, 0.4) is 0 Å². The summed E-state index contributed by atoms with van der Waals surface area (Å²) in [6.07, 6.45) is 0. The Balaban J connectivity index is 2.81. The SMILES string of the molecule is Nn1[nH][nH]1. The number of nitrogens with zero attached hydrogens (tertiary/aromatic N) is 1. The van der Waals surface area contributed by atoms with Gasteiger partial charge in [0.05, 0.1) is 0 Å². The third-order valence-electron chi connectivity index (χ3n) is 0.241. The molecular formula is H4N4. The van der Waals surface area contributed by atoms with Gasteiger partial charge in [-0.15, -0.1) is 4.91 Å². The van der Waals surface area contributed by atoms with E-state index < -0.39 is 0 Å². The van der Waals surface area contributed by atoms with Crippen LogP contribution in [0.25, 0.3) is 0 Å². The van der Waals surface area contributed by atoms with Gasteiger partial charge in [-0.25, -0.2) is 0 Å². The van der Waals surface area contributed by atoms with E-state index in [9.17, 15) is 0 Å². The van der Waals surface area contributed by atoms with Gasteiger partial charge >= 0.3 is 0 Å². The molecule has 0 amide bonds. The Hall–Kier alpha value is -0.800. The van der Waals surface area contributed by atoms with Crippen molar-refractivity contribution in [2.45, 2.75) is 0 Å². The van der Waals surface area contributed by atoms with Crippen molar-refractivity contribution in [1.82, 2.24) is 15.3 Å². The molecule has 0 saturated heterocycles. The highest BCUT2D eigenvalue weighted by Crippen LogP contribution is 1.46. The van der Waals surface area contributed by atoms with Crippen LogP contribution in [-0.2, 0) is 0 Å². The molecule has 0 aliphatic carbocycles. The second-order valence-electron chi connectivity index (χ2n) is 0.594. The quantitative estimate of drug-likeness (QED) is 0.325. The lowest BCUT2D eigenvalue weighted by molar-refractivity contribution is 0.997. The van der Waals surface area contributed by atoms with E-state index in [-0.39, 0.29) is 0 Å². The second-order valence-corrected chi connectivity index (χ2v) is 0.594. The van der Waals surface area contributed by atoms with Crippen molar-refractivity contribution in [3.63, 3.8) is 0 Å². The number of aromatic amines is 2. The van der Waals surface area contributed by atoms with E-state index >= 15 is 0 Å². The first-order valence-corrected chi connectivity index (χ1v) is 0.955. The number of nitrogens with two attached hydrogens (primary N) is 1. The summed E-state index contributed by atoms with van der Waals surface area (Å²) in [5.74, 6) is 4.83. The van der Waals surface area contributed by atoms with Gasteiger partial charge in [0, 0.05) is 0 Å². The maximum atomic E-state index is 4.83. The molecule has 0 spiro atoms. The van der Waals surface area contributed by atoms with E-state index in [2.05, 4.69) is 10.4 Å². The molecular weight excluding hydrogens is 56.0 g/mol. The van der Waals surface area contributed by atoms with Crippen molar-refractivity contribution < 1.29 is 0 Å². The van der Waals surface area contributed by atoms with Crippen LogP contribution >= 0.6 is 0 Å². The van der Waals surface area contributed by atoms with Gasteiger partial charge in [-0.3, -0.25) is 0 Å². The fourth-order valence-electron chi connectivity index (χ4n) is 0.0289. The van der Waals surface area contributed by atoms with Gasteiger partial charge in [-0.2, -0.15) is 10.4 Å². The maximum absolute atomic E-state index is 4.83. The van der Waals surface area contributed by atoms with Gasteiger partial charge < -0.3 is 5.84 Å². The first-order valence-electron chi connectivity index (χ1n) is 0.955. The van der Waals surface area contributed by atoms with Gasteiger partial charge in [-0.1, -0.05) is 0 Å². The molecule has 1 rings (SSSR count). The smallest absolute Gasteiger partial charge is 0.108 e. The monoisotopic (exact) mass is 60.0 g/mol. The van der Waals surface area contributed by atoms with Crippen LogP contribution in [0.4, 0.5) is 0 Å². The number of nitrogen functional groups attached to an aromatic ring is 1. The summed E-state index contributed by atoms with van der Waals surface area (Å²) in [6, 6.07) is 0. The predicted octanol–water partition coefficient (Wildman–Crippen LogP) is -1.14. The minimum atomic E-state index is 1.25. The Morgan fingerprint density at radius 1 is 1.50 bits per heavy atom. The Kier molecular flexibility index (Phi) is 0.0679. The molecule has 1 heterocycles. The molecule has 4 heavy (non-hydrogen) atoms. The number of H-pyrrole nitrogens is 2. The molecule has 4 nitrogen and oxygen atoms in total. The Morgan fingerprint density at radius 2 is 1.75 bits per heavy atom. The molecule has 0 aliphatic rings. The minimum Gasteiger partial charge on any atom is -0.307 e. The van der Waals surface area contributed by atoms with E-state index in [4.69, 9.17) is 5.84 Å². The topological polar surface area (TPSA) is 62.5 Å². The normalized spacial score (nSPS) is 9.00. The number of hydrogen-bond donors (Lipinski definition) is 3. The number of aromatic nitrogens is 3. The summed E-state index contributed by atoms with van der Waals surface area (Å²) < 4.78 is 0. The molecule has 4 heteroatoms. The predicted molar refractivity (Wildman–Crippen MR) is 13.3 cm³/mol. The molecule has 0 radical (unpaired) electrons. The van der Waals surface area contributed by atoms with Crippen molar-refractivity contribution in [2.24, 2.45) is 0 Å². The van der Waals surface area contributed by atoms with E-state index in [1.54, 1.807) is 0 Å². The number of nitrogens with one attached hydrogen (secondary N) is 2. The van der Waals surface area contributed by atoms with Crippen molar-refractivity contribution in [1.29, 1.82) is 0 Å². The van der Waals surface area contributed by atoms with Gasteiger partial charge in [0.25, 0.3) is 0 Å². The molecule has 0 aromatic carbocycles. The summed E-state index contributed by atoms with van der Waals surface area (Å²) in [6.45, 7) is 0. The highest BCUT2D eigenvalue weighted by molar-refractivity contribution is 4.15. The lowest BCUT2D eigenvalue weighted by atomic mass is 12.7. The van der Waals surface area contributed by atoms with Gasteiger partial charge in [0.2, 0.25) is 0 Å². The summed E-state index contributed by atoms with van der Waals surface area (Å²) in [4.78, 5) is 1.25. The average molecular weight is 60.1 g/mol. The fourth-order valence-corrected chi connectivity index (χ4v) is 0.0289. The van der Waals surface area contributed by atoms with Gasteiger partial charge in [0.15, 0.2) is 0 Å². The van der Waals surface area contributed by atoms with Crippen molar-refractivity contribution in [3.05, 3.63) is 0 Å². The maximum Gasteiger partial charge on any atom is -0.108 e. The number of rotatable bonds is 0. The van der Waals surface area contributed by atoms with Crippen LogP contribution in [0.2, 0.25) is 0 Å². The molecule has 24 valence electrons. The van der Waals surface area contributed by atoms with E-state index in [0.717, 1.165) is 0 Å². The molecule has 1 aromatic rings. The van der Waals surface area contributed by atoms with Crippen LogP contribution in [0.1, 0.15) is 0 Å². The van der Waals surface area contributed by atoms with Crippen LogP contribution in [0.5, 0.6) is 0 Å². The largest absolute Gasteiger partial charge is 0.307 e. The van der Waals surface area contributed by atoms with Crippen molar-refractivity contribution in [3.8, 4) is 0 Å². The Labute approximate surface area is 22.5 Å². The summed E-state index contributed by atoms with van der Waals surface area (Å²) >= 11 is 0. The zero-order valence-electron chi connectivity index (χ0n) is 2.02. The van der Waals surface area contributed by atoms with E-state index in [1.807, 2.05) is 0 Å². The lowest BCUT2D eigenvalue weighted by Crippen LogP contribution is -1.95. The third kappa shape index (κ3) is 0.00992.